The third-order valence-electron chi connectivity index (χ3n) is 1.29. The maximum Gasteiger partial charge on any atom is 0.101 e. The number of azide groups is 1. The van der Waals surface area contributed by atoms with Gasteiger partial charge in [-0.15, -0.1) is 0 Å². The standard InChI is InChI=1S/C7H5N5/c8-4-6-2-1-3-10-7(6)5-11-12-9/h1-3H,5H2. The van der Waals surface area contributed by atoms with Gasteiger partial charge in [0, 0.05) is 11.1 Å². The molecule has 0 N–H and O–H groups in total. The van der Waals surface area contributed by atoms with Gasteiger partial charge in [0.1, 0.15) is 6.07 Å². The SMILES string of the molecule is N#Cc1cccnc1CN=[N+]=[N-]. The molecule has 0 radical (unpaired) electrons. The molecule has 0 saturated carbocycles. The van der Waals surface area contributed by atoms with Gasteiger partial charge in [-0.2, -0.15) is 5.26 Å². The van der Waals surface area contributed by atoms with Gasteiger partial charge in [-0.05, 0) is 17.7 Å². The van der Waals surface area contributed by atoms with Crippen LogP contribution in [0.25, 0.3) is 10.4 Å². The molecule has 5 nitrogen and oxygen atoms in total. The van der Waals surface area contributed by atoms with Crippen LogP contribution in [0.2, 0.25) is 0 Å². The van der Waals surface area contributed by atoms with Crippen molar-refractivity contribution in [1.82, 2.24) is 4.98 Å². The summed E-state index contributed by atoms with van der Waals surface area (Å²) in [5.41, 5.74) is 9.00. The fraction of sp³-hybridized carbons (Fsp3) is 0.143. The molecule has 1 rings (SSSR count). The largest absolute Gasteiger partial charge is 0.260 e. The molecule has 0 aliphatic rings. The van der Waals surface area contributed by atoms with Gasteiger partial charge < -0.3 is 0 Å². The van der Waals surface area contributed by atoms with Crippen LogP contribution in [0.1, 0.15) is 11.3 Å². The molecule has 0 amide bonds. The average molecular weight is 159 g/mol. The molecule has 0 bridgehead atoms. The van der Waals surface area contributed by atoms with E-state index in [1.54, 1.807) is 18.3 Å². The van der Waals surface area contributed by atoms with Crippen molar-refractivity contribution in [3.63, 3.8) is 0 Å². The Hall–Kier alpha value is -2.05. The highest BCUT2D eigenvalue weighted by atomic mass is 15.1. The topological polar surface area (TPSA) is 85.4 Å². The second-order valence-electron chi connectivity index (χ2n) is 2.00. The average Bonchev–Trinajstić information content (AvgIpc) is 2.15. The van der Waals surface area contributed by atoms with Crippen LogP contribution in [0.15, 0.2) is 23.4 Å². The van der Waals surface area contributed by atoms with Gasteiger partial charge in [0.15, 0.2) is 0 Å². The number of hydrogen-bond donors (Lipinski definition) is 0. The Morgan fingerprint density at radius 2 is 2.58 bits per heavy atom. The highest BCUT2D eigenvalue weighted by molar-refractivity contribution is 5.32. The van der Waals surface area contributed by atoms with E-state index in [9.17, 15) is 0 Å². The molecule has 0 fully saturated rings. The van der Waals surface area contributed by atoms with Crippen molar-refractivity contribution in [2.75, 3.05) is 0 Å². The fourth-order valence-electron chi connectivity index (χ4n) is 0.764. The number of rotatable bonds is 2. The summed E-state index contributed by atoms with van der Waals surface area (Å²) in [6.07, 6.45) is 1.56. The summed E-state index contributed by atoms with van der Waals surface area (Å²) in [6.45, 7) is 0.125. The summed E-state index contributed by atoms with van der Waals surface area (Å²) in [4.78, 5) is 6.48. The lowest BCUT2D eigenvalue weighted by molar-refractivity contribution is 0.968. The summed E-state index contributed by atoms with van der Waals surface area (Å²) in [5.74, 6) is 0. The Kier molecular flexibility index (Phi) is 2.66. The summed E-state index contributed by atoms with van der Waals surface area (Å²) >= 11 is 0. The van der Waals surface area contributed by atoms with Crippen LogP contribution in [-0.2, 0) is 6.54 Å². The second-order valence-corrected chi connectivity index (χ2v) is 2.00. The van der Waals surface area contributed by atoms with E-state index in [0.29, 0.717) is 11.3 Å². The van der Waals surface area contributed by atoms with Crippen LogP contribution in [0, 0.1) is 11.3 Å². The predicted octanol–water partition coefficient (Wildman–Crippen LogP) is 1.76. The van der Waals surface area contributed by atoms with Gasteiger partial charge in [0.2, 0.25) is 0 Å². The van der Waals surface area contributed by atoms with Crippen LogP contribution in [0.5, 0.6) is 0 Å². The van der Waals surface area contributed by atoms with Crippen LogP contribution in [-0.4, -0.2) is 4.98 Å². The zero-order chi connectivity index (χ0) is 8.81. The van der Waals surface area contributed by atoms with Crippen molar-refractivity contribution in [1.29, 1.82) is 5.26 Å². The van der Waals surface area contributed by atoms with E-state index in [-0.39, 0.29) is 6.54 Å². The molecular formula is C7H5N5. The quantitative estimate of drug-likeness (QED) is 0.374. The zero-order valence-corrected chi connectivity index (χ0v) is 6.18. The smallest absolute Gasteiger partial charge is 0.101 e. The van der Waals surface area contributed by atoms with Crippen molar-refractivity contribution in [3.8, 4) is 6.07 Å². The van der Waals surface area contributed by atoms with E-state index in [1.165, 1.54) is 0 Å². The van der Waals surface area contributed by atoms with Crippen molar-refractivity contribution < 1.29 is 0 Å². The molecule has 58 valence electrons. The van der Waals surface area contributed by atoms with Crippen molar-refractivity contribution in [3.05, 3.63) is 40.0 Å². The molecule has 12 heavy (non-hydrogen) atoms. The Morgan fingerprint density at radius 3 is 3.25 bits per heavy atom. The van der Waals surface area contributed by atoms with E-state index < -0.39 is 0 Å². The molecule has 0 aromatic carbocycles. The molecular weight excluding hydrogens is 154 g/mol. The third kappa shape index (κ3) is 1.72. The highest BCUT2D eigenvalue weighted by Crippen LogP contribution is 2.04. The summed E-state index contributed by atoms with van der Waals surface area (Å²) < 4.78 is 0. The summed E-state index contributed by atoms with van der Waals surface area (Å²) in [7, 11) is 0. The number of aromatic nitrogens is 1. The van der Waals surface area contributed by atoms with Crippen LogP contribution >= 0.6 is 0 Å². The first kappa shape index (κ1) is 8.05. The van der Waals surface area contributed by atoms with Gasteiger partial charge >= 0.3 is 0 Å². The normalized spacial score (nSPS) is 8.25. The van der Waals surface area contributed by atoms with Crippen LogP contribution < -0.4 is 0 Å². The lowest BCUT2D eigenvalue weighted by Crippen LogP contribution is -1.90. The monoisotopic (exact) mass is 159 g/mol. The van der Waals surface area contributed by atoms with E-state index in [4.69, 9.17) is 10.8 Å². The maximum absolute atomic E-state index is 8.59. The molecule has 1 aromatic heterocycles. The Balaban J connectivity index is 2.98. The molecule has 1 aromatic rings. The first-order valence-corrected chi connectivity index (χ1v) is 3.23. The van der Waals surface area contributed by atoms with Gasteiger partial charge in [-0.25, -0.2) is 0 Å². The minimum Gasteiger partial charge on any atom is -0.260 e. The van der Waals surface area contributed by atoms with Crippen molar-refractivity contribution in [2.24, 2.45) is 5.11 Å². The summed E-state index contributed by atoms with van der Waals surface area (Å²) in [5, 5.41) is 11.9. The van der Waals surface area contributed by atoms with Gasteiger partial charge in [0.05, 0.1) is 17.8 Å². The minimum absolute atomic E-state index is 0.125. The first-order chi connectivity index (χ1) is 5.88. The fourth-order valence-corrected chi connectivity index (χ4v) is 0.764. The third-order valence-corrected chi connectivity index (χ3v) is 1.29. The van der Waals surface area contributed by atoms with Gasteiger partial charge in [0.25, 0.3) is 0 Å². The van der Waals surface area contributed by atoms with E-state index in [2.05, 4.69) is 15.0 Å². The second kappa shape index (κ2) is 3.96. The highest BCUT2D eigenvalue weighted by Gasteiger charge is 1.98. The lowest BCUT2D eigenvalue weighted by atomic mass is 10.2. The molecule has 0 spiro atoms. The summed E-state index contributed by atoms with van der Waals surface area (Å²) in [6, 6.07) is 5.26. The van der Waals surface area contributed by atoms with Gasteiger partial charge in [-0.1, -0.05) is 5.11 Å². The number of hydrogen-bond acceptors (Lipinski definition) is 3. The van der Waals surface area contributed by atoms with Gasteiger partial charge in [-0.3, -0.25) is 4.98 Å². The first-order valence-electron chi connectivity index (χ1n) is 3.23. The van der Waals surface area contributed by atoms with E-state index >= 15 is 0 Å². The number of nitriles is 1. The van der Waals surface area contributed by atoms with Crippen LogP contribution in [0.3, 0.4) is 0 Å². The Bertz CT molecular complexity index is 358. The zero-order valence-electron chi connectivity index (χ0n) is 6.18. The number of nitrogens with zero attached hydrogens (tertiary/aromatic N) is 5. The molecule has 0 atom stereocenters. The molecule has 0 unspecified atom stereocenters. The molecule has 0 saturated heterocycles. The maximum atomic E-state index is 8.59. The number of pyridine rings is 1. The Labute approximate surface area is 68.9 Å². The van der Waals surface area contributed by atoms with Crippen molar-refractivity contribution in [2.45, 2.75) is 6.54 Å². The molecule has 0 aliphatic carbocycles. The van der Waals surface area contributed by atoms with Crippen LogP contribution in [0.4, 0.5) is 0 Å². The van der Waals surface area contributed by atoms with E-state index in [0.717, 1.165) is 0 Å². The minimum atomic E-state index is 0.125. The predicted molar refractivity (Wildman–Crippen MR) is 41.8 cm³/mol. The molecule has 5 heteroatoms. The lowest BCUT2D eigenvalue weighted by Gasteiger charge is -1.95. The molecule has 1 heterocycles. The molecule has 0 aliphatic heterocycles. The van der Waals surface area contributed by atoms with E-state index in [1.807, 2.05) is 6.07 Å². The van der Waals surface area contributed by atoms with Crippen molar-refractivity contribution >= 4 is 0 Å². The Morgan fingerprint density at radius 1 is 1.75 bits per heavy atom.